The molecule has 0 saturated heterocycles. The third-order valence-electron chi connectivity index (χ3n) is 6.70. The first-order chi connectivity index (χ1) is 23.0. The summed E-state index contributed by atoms with van der Waals surface area (Å²) in [6.07, 6.45) is 0.0733. The summed E-state index contributed by atoms with van der Waals surface area (Å²) in [4.78, 5) is 49.6. The molecule has 1 aromatic heterocycles. The number of hydrogen-bond acceptors (Lipinski definition) is 11. The van der Waals surface area contributed by atoms with Crippen LogP contribution >= 0.6 is 7.75 Å². The Bertz CT molecular complexity index is 2050. The molecule has 0 aliphatic rings. The summed E-state index contributed by atoms with van der Waals surface area (Å²) in [5.41, 5.74) is 0.584. The van der Waals surface area contributed by atoms with E-state index in [-0.39, 0.29) is 40.4 Å². The van der Waals surface area contributed by atoms with Crippen LogP contribution < -0.4 is 29.0 Å². The van der Waals surface area contributed by atoms with Crippen molar-refractivity contribution < 1.29 is 46.6 Å². The number of rotatable bonds is 12. The molecule has 5 rings (SSSR count). The third-order valence-corrected chi connectivity index (χ3v) is 8.23. The van der Waals surface area contributed by atoms with E-state index in [9.17, 15) is 23.7 Å². The summed E-state index contributed by atoms with van der Waals surface area (Å²) in [6, 6.07) is 25.9. The average molecular weight is 672 g/mol. The van der Waals surface area contributed by atoms with Crippen LogP contribution in [0.4, 0.5) is 0 Å². The molecule has 0 aliphatic heterocycles. The van der Waals surface area contributed by atoms with Gasteiger partial charge in [-0.25, -0.2) is 4.57 Å². The van der Waals surface area contributed by atoms with Crippen LogP contribution in [0.15, 0.2) is 112 Å². The monoisotopic (exact) mass is 671 g/mol. The molecule has 246 valence electrons. The van der Waals surface area contributed by atoms with Crippen molar-refractivity contribution in [2.75, 3.05) is 7.11 Å². The molecule has 5 aromatic rings. The maximum Gasteiger partial charge on any atom is 0.513 e. The number of hydrogen-bond donors (Lipinski definition) is 1. The van der Waals surface area contributed by atoms with Gasteiger partial charge < -0.3 is 27.7 Å². The van der Waals surface area contributed by atoms with Gasteiger partial charge in [-0.15, -0.1) is 0 Å². The molecule has 0 radical (unpaired) electrons. The van der Waals surface area contributed by atoms with Crippen LogP contribution in [0.25, 0.3) is 22.3 Å². The van der Waals surface area contributed by atoms with Gasteiger partial charge in [0.25, 0.3) is 0 Å². The molecule has 0 saturated carbocycles. The van der Waals surface area contributed by atoms with E-state index in [0.717, 1.165) is 12.5 Å². The zero-order valence-corrected chi connectivity index (χ0v) is 26.9. The third kappa shape index (κ3) is 8.55. The predicted octanol–water partition coefficient (Wildman–Crippen LogP) is 6.25. The number of nitrogens with one attached hydrogen (secondary N) is 1. The van der Waals surface area contributed by atoms with E-state index < -0.39 is 37.1 Å². The quantitative estimate of drug-likeness (QED) is 0.0905. The molecular formula is C35H30NO11P. The molecule has 0 fully saturated rings. The van der Waals surface area contributed by atoms with Crippen LogP contribution in [0.1, 0.15) is 19.4 Å². The molecule has 1 N–H and O–H groups in total. The smallest absolute Gasteiger partial charge is 0.468 e. The zero-order chi connectivity index (χ0) is 34.3. The van der Waals surface area contributed by atoms with Crippen molar-refractivity contribution in [3.63, 3.8) is 0 Å². The van der Waals surface area contributed by atoms with Gasteiger partial charge in [-0.05, 0) is 48.4 Å². The summed E-state index contributed by atoms with van der Waals surface area (Å²) < 4.78 is 47.7. The minimum Gasteiger partial charge on any atom is -0.468 e. The Balaban J connectivity index is 1.58. The molecule has 2 atom stereocenters. The van der Waals surface area contributed by atoms with Crippen LogP contribution in [-0.4, -0.2) is 31.1 Å². The molecule has 12 nitrogen and oxygen atoms in total. The van der Waals surface area contributed by atoms with E-state index >= 15 is 0 Å². The van der Waals surface area contributed by atoms with E-state index in [4.69, 9.17) is 27.7 Å². The van der Waals surface area contributed by atoms with Crippen molar-refractivity contribution in [1.82, 2.24) is 5.09 Å². The molecule has 0 bridgehead atoms. The van der Waals surface area contributed by atoms with E-state index in [1.54, 1.807) is 66.7 Å². The summed E-state index contributed by atoms with van der Waals surface area (Å²) in [7, 11) is -3.31. The number of ether oxygens (including phenoxy) is 3. The van der Waals surface area contributed by atoms with Gasteiger partial charge in [0.05, 0.1) is 7.11 Å². The Kier molecular flexibility index (Phi) is 10.4. The van der Waals surface area contributed by atoms with Gasteiger partial charge in [-0.3, -0.25) is 19.2 Å². The second-order valence-electron chi connectivity index (χ2n) is 10.4. The summed E-state index contributed by atoms with van der Waals surface area (Å²) in [5.74, 6) is -1.79. The van der Waals surface area contributed by atoms with Gasteiger partial charge in [0.2, 0.25) is 0 Å². The van der Waals surface area contributed by atoms with Crippen molar-refractivity contribution in [3.8, 4) is 34.3 Å². The number of esters is 3. The van der Waals surface area contributed by atoms with Gasteiger partial charge in [-0.1, -0.05) is 48.5 Å². The lowest BCUT2D eigenvalue weighted by Crippen LogP contribution is -2.39. The van der Waals surface area contributed by atoms with Gasteiger partial charge in [0, 0.05) is 37.6 Å². The second-order valence-corrected chi connectivity index (χ2v) is 12.0. The van der Waals surface area contributed by atoms with Crippen molar-refractivity contribution in [1.29, 1.82) is 0 Å². The Morgan fingerprint density at radius 2 is 1.40 bits per heavy atom. The standard InChI is InChI=1S/C35H30NO11P/c1-22(37)43-26-16-14-25(15-17-26)31-21-30(39)34-32(44-23(2)38)19-28(20-33(34)45-31)47-48(41,46-27-12-8-5-9-13-27)36-29(35(40)42-3)18-24-10-6-4-7-11-24/h4-17,19-21,29H,18H2,1-3H3,(H,36,41)/t29-,48?/m0/s1. The Labute approximate surface area is 274 Å². The van der Waals surface area contributed by atoms with Crippen LogP contribution in [-0.2, 0) is 30.1 Å². The number of para-hydroxylation sites is 1. The lowest BCUT2D eigenvalue weighted by Gasteiger charge is -2.25. The summed E-state index contributed by atoms with van der Waals surface area (Å²) in [5, 5.41) is 2.62. The minimum absolute atomic E-state index is 0.0733. The van der Waals surface area contributed by atoms with E-state index in [1.807, 2.05) is 6.07 Å². The molecule has 13 heteroatoms. The van der Waals surface area contributed by atoms with Crippen molar-refractivity contribution in [2.24, 2.45) is 0 Å². The lowest BCUT2D eigenvalue weighted by atomic mass is 10.1. The van der Waals surface area contributed by atoms with E-state index in [0.29, 0.717) is 11.3 Å². The fraction of sp³-hybridized carbons (Fsp3) is 0.143. The Hall–Kier alpha value is -5.71. The van der Waals surface area contributed by atoms with Crippen molar-refractivity contribution in [3.05, 3.63) is 119 Å². The molecule has 1 heterocycles. The van der Waals surface area contributed by atoms with E-state index in [2.05, 4.69) is 5.09 Å². The first-order valence-corrected chi connectivity index (χ1v) is 16.1. The fourth-order valence-corrected chi connectivity index (χ4v) is 6.21. The van der Waals surface area contributed by atoms with Gasteiger partial charge in [0.15, 0.2) is 5.43 Å². The summed E-state index contributed by atoms with van der Waals surface area (Å²) in [6.45, 7) is 2.42. The molecule has 48 heavy (non-hydrogen) atoms. The SMILES string of the molecule is COC(=O)[C@H](Cc1ccccc1)NP(=O)(Oc1ccccc1)Oc1cc(OC(C)=O)c2c(=O)cc(-c3ccc(OC(C)=O)cc3)oc2c1. The van der Waals surface area contributed by atoms with Gasteiger partial charge in [-0.2, -0.15) is 5.09 Å². The number of carbonyl (C=O) groups excluding carboxylic acids is 3. The van der Waals surface area contributed by atoms with Crippen molar-refractivity contribution in [2.45, 2.75) is 26.3 Å². The van der Waals surface area contributed by atoms with Gasteiger partial charge in [0.1, 0.15) is 45.8 Å². The number of fused-ring (bicyclic) bond motifs is 1. The first kappa shape index (κ1) is 33.6. The highest BCUT2D eigenvalue weighted by molar-refractivity contribution is 7.52. The lowest BCUT2D eigenvalue weighted by molar-refractivity contribution is -0.142. The van der Waals surface area contributed by atoms with Crippen molar-refractivity contribution >= 4 is 36.6 Å². The minimum atomic E-state index is -4.51. The second kappa shape index (κ2) is 14.8. The highest BCUT2D eigenvalue weighted by atomic mass is 31.2. The zero-order valence-electron chi connectivity index (χ0n) is 26.0. The predicted molar refractivity (Wildman–Crippen MR) is 175 cm³/mol. The van der Waals surface area contributed by atoms with Crippen LogP contribution in [0.3, 0.4) is 0 Å². The topological polar surface area (TPSA) is 157 Å². The fourth-order valence-electron chi connectivity index (χ4n) is 4.71. The average Bonchev–Trinajstić information content (AvgIpc) is 3.04. The highest BCUT2D eigenvalue weighted by Gasteiger charge is 2.36. The number of benzene rings is 4. The Morgan fingerprint density at radius 3 is 2.02 bits per heavy atom. The maximum absolute atomic E-state index is 14.5. The van der Waals surface area contributed by atoms with Crippen LogP contribution in [0.2, 0.25) is 0 Å². The normalized spacial score (nSPS) is 12.7. The molecule has 1 unspecified atom stereocenters. The van der Waals surface area contributed by atoms with Gasteiger partial charge >= 0.3 is 25.7 Å². The molecule has 0 amide bonds. The highest BCUT2D eigenvalue weighted by Crippen LogP contribution is 2.47. The molecule has 0 spiro atoms. The number of methoxy groups -OCH3 is 1. The van der Waals surface area contributed by atoms with Crippen LogP contribution in [0, 0.1) is 0 Å². The maximum atomic E-state index is 14.5. The first-order valence-electron chi connectivity index (χ1n) is 14.5. The van der Waals surface area contributed by atoms with Crippen LogP contribution in [0.5, 0.6) is 23.0 Å². The largest absolute Gasteiger partial charge is 0.513 e. The summed E-state index contributed by atoms with van der Waals surface area (Å²) >= 11 is 0. The molecule has 0 aliphatic carbocycles. The number of carbonyl (C=O) groups is 3. The van der Waals surface area contributed by atoms with E-state index in [1.165, 1.54) is 44.4 Å². The Morgan fingerprint density at radius 1 is 0.771 bits per heavy atom. The molecular weight excluding hydrogens is 641 g/mol. The molecule has 4 aromatic carbocycles.